The van der Waals surface area contributed by atoms with Crippen molar-refractivity contribution in [1.82, 2.24) is 24.3 Å². The molecule has 0 radical (unpaired) electrons. The van der Waals surface area contributed by atoms with Crippen LogP contribution in [0.5, 0.6) is 0 Å². The zero-order chi connectivity index (χ0) is 21.9. The number of halogens is 1. The second-order valence-electron chi connectivity index (χ2n) is 7.72. The number of hydrogen-bond acceptors (Lipinski definition) is 4. The molecule has 1 saturated heterocycles. The Kier molecular flexibility index (Phi) is 5.87. The second kappa shape index (κ2) is 9.10. The molecule has 1 fully saturated rings. The zero-order valence-electron chi connectivity index (χ0n) is 17.5. The SMILES string of the molecule is O=C(Nc1ccccc1Br)N1CCN(Cc2nc3cccnc3n2-c2ccccc2)CC1. The number of carbonyl (C=O) groups excluding carboxylic acids is 1. The minimum Gasteiger partial charge on any atom is -0.322 e. The van der Waals surface area contributed by atoms with Crippen LogP contribution in [0.15, 0.2) is 77.4 Å². The van der Waals surface area contributed by atoms with Crippen LogP contribution in [-0.2, 0) is 6.54 Å². The lowest BCUT2D eigenvalue weighted by molar-refractivity contribution is 0.140. The summed E-state index contributed by atoms with van der Waals surface area (Å²) in [5.74, 6) is 0.955. The fourth-order valence-corrected chi connectivity index (χ4v) is 4.36. The van der Waals surface area contributed by atoms with E-state index in [1.54, 1.807) is 6.20 Å². The number of urea groups is 1. The van der Waals surface area contributed by atoms with Gasteiger partial charge < -0.3 is 10.2 Å². The van der Waals surface area contributed by atoms with Gasteiger partial charge in [-0.1, -0.05) is 30.3 Å². The molecular formula is C24H23BrN6O. The van der Waals surface area contributed by atoms with Crippen LogP contribution in [-0.4, -0.2) is 56.5 Å². The van der Waals surface area contributed by atoms with Crippen LogP contribution >= 0.6 is 15.9 Å². The molecule has 2 aromatic heterocycles. The maximum Gasteiger partial charge on any atom is 0.321 e. The minimum absolute atomic E-state index is 0.0720. The van der Waals surface area contributed by atoms with Gasteiger partial charge in [0.2, 0.25) is 0 Å². The molecule has 0 aliphatic carbocycles. The number of carbonyl (C=O) groups is 1. The molecule has 32 heavy (non-hydrogen) atoms. The van der Waals surface area contributed by atoms with Gasteiger partial charge in [-0.15, -0.1) is 0 Å². The average molecular weight is 491 g/mol. The molecule has 4 aromatic rings. The molecule has 0 bridgehead atoms. The van der Waals surface area contributed by atoms with Crippen LogP contribution < -0.4 is 5.32 Å². The number of benzene rings is 2. The molecule has 1 aliphatic heterocycles. The normalized spacial score (nSPS) is 14.6. The van der Waals surface area contributed by atoms with Crippen molar-refractivity contribution in [1.29, 1.82) is 0 Å². The third-order valence-corrected chi connectivity index (χ3v) is 6.33. The Morgan fingerprint density at radius 1 is 0.938 bits per heavy atom. The topological polar surface area (TPSA) is 66.3 Å². The molecule has 7 nitrogen and oxygen atoms in total. The fraction of sp³-hybridized carbons (Fsp3) is 0.208. The summed E-state index contributed by atoms with van der Waals surface area (Å²) < 4.78 is 3.00. The highest BCUT2D eigenvalue weighted by Gasteiger charge is 2.23. The monoisotopic (exact) mass is 490 g/mol. The van der Waals surface area contributed by atoms with E-state index in [1.807, 2.05) is 59.5 Å². The van der Waals surface area contributed by atoms with Crippen LogP contribution in [0, 0.1) is 0 Å². The molecule has 5 rings (SSSR count). The van der Waals surface area contributed by atoms with Gasteiger partial charge in [0.15, 0.2) is 5.65 Å². The molecule has 8 heteroatoms. The number of fused-ring (bicyclic) bond motifs is 1. The second-order valence-corrected chi connectivity index (χ2v) is 8.57. The third kappa shape index (κ3) is 4.24. The van der Waals surface area contributed by atoms with Gasteiger partial charge in [0.1, 0.15) is 11.3 Å². The third-order valence-electron chi connectivity index (χ3n) is 5.64. The maximum atomic E-state index is 12.7. The Hall–Kier alpha value is -3.23. The van der Waals surface area contributed by atoms with Gasteiger partial charge in [-0.2, -0.15) is 0 Å². The molecule has 0 unspecified atom stereocenters. The van der Waals surface area contributed by atoms with Crippen molar-refractivity contribution >= 4 is 38.8 Å². The van der Waals surface area contributed by atoms with Crippen molar-refractivity contribution in [2.75, 3.05) is 31.5 Å². The number of hydrogen-bond donors (Lipinski definition) is 1. The molecule has 0 spiro atoms. The van der Waals surface area contributed by atoms with Crippen LogP contribution in [0.3, 0.4) is 0 Å². The van der Waals surface area contributed by atoms with E-state index in [9.17, 15) is 4.79 Å². The zero-order valence-corrected chi connectivity index (χ0v) is 19.1. The molecule has 0 atom stereocenters. The van der Waals surface area contributed by atoms with E-state index in [2.05, 4.69) is 47.8 Å². The number of nitrogens with one attached hydrogen (secondary N) is 1. The summed E-state index contributed by atoms with van der Waals surface area (Å²) in [5.41, 5.74) is 3.58. The first kappa shape index (κ1) is 20.7. The molecule has 1 aliphatic rings. The van der Waals surface area contributed by atoms with Crippen LogP contribution in [0.2, 0.25) is 0 Å². The van der Waals surface area contributed by atoms with E-state index in [4.69, 9.17) is 4.98 Å². The standard InChI is InChI=1S/C24H23BrN6O/c25-19-9-4-5-10-20(19)28-24(32)30-15-13-29(14-16-30)17-22-27-21-11-6-12-26-23(21)31(22)18-7-2-1-3-8-18/h1-12H,13-17H2,(H,28,32). The van der Waals surface area contributed by atoms with Crippen molar-refractivity contribution in [3.05, 3.63) is 83.2 Å². The summed E-state index contributed by atoms with van der Waals surface area (Å²) in [6, 6.07) is 21.7. The van der Waals surface area contributed by atoms with Crippen molar-refractivity contribution in [3.63, 3.8) is 0 Å². The lowest BCUT2D eigenvalue weighted by Gasteiger charge is -2.34. The summed E-state index contributed by atoms with van der Waals surface area (Å²) in [4.78, 5) is 26.3. The Balaban J connectivity index is 1.29. The summed E-state index contributed by atoms with van der Waals surface area (Å²) in [6.45, 7) is 3.61. The number of nitrogens with zero attached hydrogens (tertiary/aromatic N) is 5. The molecule has 1 N–H and O–H groups in total. The lowest BCUT2D eigenvalue weighted by atomic mass is 10.3. The van der Waals surface area contributed by atoms with Gasteiger partial charge >= 0.3 is 6.03 Å². The van der Waals surface area contributed by atoms with Crippen LogP contribution in [0.25, 0.3) is 16.9 Å². The highest BCUT2D eigenvalue weighted by molar-refractivity contribution is 9.10. The van der Waals surface area contributed by atoms with Crippen LogP contribution in [0.4, 0.5) is 10.5 Å². The van der Waals surface area contributed by atoms with Crippen molar-refractivity contribution in [2.24, 2.45) is 0 Å². The van der Waals surface area contributed by atoms with Gasteiger partial charge in [-0.25, -0.2) is 14.8 Å². The van der Waals surface area contributed by atoms with E-state index in [0.29, 0.717) is 19.6 Å². The van der Waals surface area contributed by atoms with Crippen molar-refractivity contribution < 1.29 is 4.79 Å². The number of para-hydroxylation sites is 2. The summed E-state index contributed by atoms with van der Waals surface area (Å²) in [7, 11) is 0. The van der Waals surface area contributed by atoms with E-state index < -0.39 is 0 Å². The Labute approximate surface area is 194 Å². The highest BCUT2D eigenvalue weighted by Crippen LogP contribution is 2.23. The van der Waals surface area contributed by atoms with Gasteiger partial charge in [-0.3, -0.25) is 9.47 Å². The number of piperazine rings is 1. The molecule has 162 valence electrons. The van der Waals surface area contributed by atoms with Gasteiger partial charge in [0.05, 0.1) is 12.2 Å². The Bertz CT molecular complexity index is 1230. The minimum atomic E-state index is -0.0720. The molecular weight excluding hydrogens is 468 g/mol. The van der Waals surface area contributed by atoms with Gasteiger partial charge in [0, 0.05) is 42.5 Å². The first-order valence-electron chi connectivity index (χ1n) is 10.6. The quantitative estimate of drug-likeness (QED) is 0.456. The van der Waals surface area contributed by atoms with Crippen molar-refractivity contribution in [3.8, 4) is 5.69 Å². The first-order chi connectivity index (χ1) is 15.7. The Morgan fingerprint density at radius 2 is 1.69 bits per heavy atom. The fourth-order valence-electron chi connectivity index (χ4n) is 3.98. The maximum absolute atomic E-state index is 12.7. The van der Waals surface area contributed by atoms with E-state index in [-0.39, 0.29) is 6.03 Å². The van der Waals surface area contributed by atoms with E-state index in [1.165, 1.54) is 0 Å². The summed E-state index contributed by atoms with van der Waals surface area (Å²) in [6.07, 6.45) is 1.80. The van der Waals surface area contributed by atoms with E-state index >= 15 is 0 Å². The largest absolute Gasteiger partial charge is 0.322 e. The summed E-state index contributed by atoms with van der Waals surface area (Å²) in [5, 5.41) is 2.99. The smallest absolute Gasteiger partial charge is 0.321 e. The average Bonchev–Trinajstić information content (AvgIpc) is 3.19. The van der Waals surface area contributed by atoms with Gasteiger partial charge in [0.25, 0.3) is 0 Å². The molecule has 0 saturated carbocycles. The Morgan fingerprint density at radius 3 is 2.47 bits per heavy atom. The predicted molar refractivity (Wildman–Crippen MR) is 129 cm³/mol. The summed E-state index contributed by atoms with van der Waals surface area (Å²) >= 11 is 3.48. The molecule has 2 amide bonds. The number of rotatable bonds is 4. The predicted octanol–water partition coefficient (Wildman–Crippen LogP) is 4.53. The highest BCUT2D eigenvalue weighted by atomic mass is 79.9. The lowest BCUT2D eigenvalue weighted by Crippen LogP contribution is -2.49. The number of anilines is 1. The first-order valence-corrected chi connectivity index (χ1v) is 11.4. The molecule has 3 heterocycles. The van der Waals surface area contributed by atoms with Crippen LogP contribution in [0.1, 0.15) is 5.82 Å². The number of aromatic nitrogens is 3. The number of amides is 2. The van der Waals surface area contributed by atoms with E-state index in [0.717, 1.165) is 45.9 Å². The van der Waals surface area contributed by atoms with Crippen molar-refractivity contribution in [2.45, 2.75) is 6.54 Å². The van der Waals surface area contributed by atoms with Gasteiger partial charge in [-0.05, 0) is 52.3 Å². The molecule has 2 aromatic carbocycles. The number of imidazole rings is 1. The number of pyridine rings is 1.